The van der Waals surface area contributed by atoms with Crippen LogP contribution < -0.4 is 10.6 Å². The molecule has 5 heteroatoms. The van der Waals surface area contributed by atoms with E-state index in [1.54, 1.807) is 12.3 Å². The number of nitrogens with one attached hydrogen (secondary N) is 1. The molecule has 1 rings (SSSR count). The number of anilines is 1. The van der Waals surface area contributed by atoms with E-state index in [-0.39, 0.29) is 5.84 Å². The molecule has 4 nitrogen and oxygen atoms in total. The molecule has 1 aromatic heterocycles. The monoisotopic (exact) mass is 254 g/mol. The SMILES string of the molecule is CC(C)C(C)N(C)c1nccc(C(=N)N)c1Cl. The summed E-state index contributed by atoms with van der Waals surface area (Å²) in [6.45, 7) is 6.40. The van der Waals surface area contributed by atoms with Gasteiger partial charge in [0.05, 0.1) is 5.02 Å². The van der Waals surface area contributed by atoms with E-state index < -0.39 is 0 Å². The van der Waals surface area contributed by atoms with E-state index >= 15 is 0 Å². The van der Waals surface area contributed by atoms with Gasteiger partial charge in [-0.05, 0) is 18.9 Å². The minimum Gasteiger partial charge on any atom is -0.384 e. The molecule has 0 aliphatic rings. The Hall–Kier alpha value is -1.29. The van der Waals surface area contributed by atoms with Gasteiger partial charge in [0.2, 0.25) is 0 Å². The first-order valence-corrected chi connectivity index (χ1v) is 5.95. The predicted molar refractivity (Wildman–Crippen MR) is 73.0 cm³/mol. The maximum absolute atomic E-state index is 7.45. The van der Waals surface area contributed by atoms with Gasteiger partial charge in [-0.2, -0.15) is 0 Å². The fraction of sp³-hybridized carbons (Fsp3) is 0.500. The summed E-state index contributed by atoms with van der Waals surface area (Å²) in [7, 11) is 1.95. The third-order valence-electron chi connectivity index (χ3n) is 3.07. The Morgan fingerprint density at radius 3 is 2.53 bits per heavy atom. The first kappa shape index (κ1) is 13.8. The molecule has 3 N–H and O–H groups in total. The molecule has 0 saturated carbocycles. The van der Waals surface area contributed by atoms with Gasteiger partial charge in [0.25, 0.3) is 0 Å². The molecule has 17 heavy (non-hydrogen) atoms. The second-order valence-electron chi connectivity index (χ2n) is 4.51. The van der Waals surface area contributed by atoms with Gasteiger partial charge < -0.3 is 10.6 Å². The highest BCUT2D eigenvalue weighted by molar-refractivity contribution is 6.36. The summed E-state index contributed by atoms with van der Waals surface area (Å²) in [6, 6.07) is 1.96. The highest BCUT2D eigenvalue weighted by Crippen LogP contribution is 2.28. The number of nitrogens with zero attached hydrogens (tertiary/aromatic N) is 2. The van der Waals surface area contributed by atoms with Crippen LogP contribution in [0.3, 0.4) is 0 Å². The van der Waals surface area contributed by atoms with Crippen molar-refractivity contribution in [3.8, 4) is 0 Å². The molecule has 0 bridgehead atoms. The van der Waals surface area contributed by atoms with Gasteiger partial charge in [0, 0.05) is 24.8 Å². The summed E-state index contributed by atoms with van der Waals surface area (Å²) < 4.78 is 0. The van der Waals surface area contributed by atoms with Crippen LogP contribution in [0.5, 0.6) is 0 Å². The molecule has 0 fully saturated rings. The zero-order valence-corrected chi connectivity index (χ0v) is 11.4. The summed E-state index contributed by atoms with van der Waals surface area (Å²) in [6.07, 6.45) is 1.63. The maximum atomic E-state index is 7.45. The van der Waals surface area contributed by atoms with Crippen molar-refractivity contribution in [3.05, 3.63) is 22.8 Å². The van der Waals surface area contributed by atoms with Gasteiger partial charge in [-0.1, -0.05) is 25.4 Å². The van der Waals surface area contributed by atoms with Crippen molar-refractivity contribution >= 4 is 23.3 Å². The van der Waals surface area contributed by atoms with Gasteiger partial charge in [-0.15, -0.1) is 0 Å². The average Bonchev–Trinajstić information content (AvgIpc) is 2.26. The molecule has 0 spiro atoms. The molecular formula is C12H19ClN4. The van der Waals surface area contributed by atoms with E-state index in [1.807, 2.05) is 11.9 Å². The average molecular weight is 255 g/mol. The van der Waals surface area contributed by atoms with Gasteiger partial charge in [-0.25, -0.2) is 4.98 Å². The first-order chi connectivity index (χ1) is 7.86. The molecule has 94 valence electrons. The van der Waals surface area contributed by atoms with Crippen molar-refractivity contribution in [2.45, 2.75) is 26.8 Å². The van der Waals surface area contributed by atoms with Crippen LogP contribution in [-0.4, -0.2) is 23.9 Å². The summed E-state index contributed by atoms with van der Waals surface area (Å²) in [5, 5.41) is 7.89. The van der Waals surface area contributed by atoms with E-state index in [1.165, 1.54) is 0 Å². The first-order valence-electron chi connectivity index (χ1n) is 5.58. The van der Waals surface area contributed by atoms with Crippen LogP contribution in [0.4, 0.5) is 5.82 Å². The highest BCUT2D eigenvalue weighted by Gasteiger charge is 2.19. The highest BCUT2D eigenvalue weighted by atomic mass is 35.5. The van der Waals surface area contributed by atoms with Crippen molar-refractivity contribution in [2.24, 2.45) is 11.7 Å². The quantitative estimate of drug-likeness (QED) is 0.641. The normalized spacial score (nSPS) is 12.6. The lowest BCUT2D eigenvalue weighted by atomic mass is 10.1. The number of rotatable bonds is 4. The molecule has 0 aliphatic carbocycles. The van der Waals surface area contributed by atoms with E-state index in [9.17, 15) is 0 Å². The minimum atomic E-state index is -0.0377. The third kappa shape index (κ3) is 2.88. The summed E-state index contributed by atoms with van der Waals surface area (Å²) in [5.41, 5.74) is 6.00. The third-order valence-corrected chi connectivity index (χ3v) is 3.44. The van der Waals surface area contributed by atoms with E-state index in [0.717, 1.165) is 0 Å². The number of hydrogen-bond donors (Lipinski definition) is 2. The minimum absolute atomic E-state index is 0.0377. The molecule has 1 aromatic rings. The summed E-state index contributed by atoms with van der Waals surface area (Å²) in [5.74, 6) is 1.11. The van der Waals surface area contributed by atoms with E-state index in [0.29, 0.717) is 28.4 Å². The number of nitrogen functional groups attached to an aromatic ring is 1. The second-order valence-corrected chi connectivity index (χ2v) is 4.88. The number of nitrogens with two attached hydrogens (primary N) is 1. The topological polar surface area (TPSA) is 66.0 Å². The smallest absolute Gasteiger partial charge is 0.148 e. The van der Waals surface area contributed by atoms with E-state index in [2.05, 4.69) is 25.8 Å². The van der Waals surface area contributed by atoms with Crippen LogP contribution in [0.15, 0.2) is 12.3 Å². The lowest BCUT2D eigenvalue weighted by Crippen LogP contribution is -2.34. The Balaban J connectivity index is 3.15. The summed E-state index contributed by atoms with van der Waals surface area (Å²) in [4.78, 5) is 6.28. The fourth-order valence-electron chi connectivity index (χ4n) is 1.53. The Bertz CT molecular complexity index is 417. The summed E-state index contributed by atoms with van der Waals surface area (Å²) >= 11 is 6.22. The largest absolute Gasteiger partial charge is 0.384 e. The number of amidine groups is 1. The van der Waals surface area contributed by atoms with Crippen LogP contribution in [0, 0.1) is 11.3 Å². The molecule has 0 radical (unpaired) electrons. The Kier molecular flexibility index (Phi) is 4.34. The van der Waals surface area contributed by atoms with Gasteiger partial charge in [-0.3, -0.25) is 5.41 Å². The van der Waals surface area contributed by atoms with Crippen molar-refractivity contribution in [2.75, 3.05) is 11.9 Å². The molecule has 0 saturated heterocycles. The Labute approximate surface area is 107 Å². The molecule has 0 aliphatic heterocycles. The molecule has 0 amide bonds. The molecule has 1 heterocycles. The zero-order valence-electron chi connectivity index (χ0n) is 10.7. The molecule has 0 aromatic carbocycles. The molecule has 1 unspecified atom stereocenters. The number of pyridine rings is 1. The molecular weight excluding hydrogens is 236 g/mol. The van der Waals surface area contributed by atoms with Crippen LogP contribution >= 0.6 is 11.6 Å². The van der Waals surface area contributed by atoms with Crippen LogP contribution in [0.2, 0.25) is 5.02 Å². The fourth-order valence-corrected chi connectivity index (χ4v) is 1.87. The van der Waals surface area contributed by atoms with Gasteiger partial charge >= 0.3 is 0 Å². The number of hydrogen-bond acceptors (Lipinski definition) is 3. The zero-order chi connectivity index (χ0) is 13.2. The molecule has 1 atom stereocenters. The van der Waals surface area contributed by atoms with Crippen LogP contribution in [0.25, 0.3) is 0 Å². The van der Waals surface area contributed by atoms with Crippen LogP contribution in [-0.2, 0) is 0 Å². The number of halogens is 1. The lowest BCUT2D eigenvalue weighted by molar-refractivity contribution is 0.503. The van der Waals surface area contributed by atoms with Crippen molar-refractivity contribution in [1.82, 2.24) is 4.98 Å². The lowest BCUT2D eigenvalue weighted by Gasteiger charge is -2.29. The Morgan fingerprint density at radius 1 is 1.47 bits per heavy atom. The van der Waals surface area contributed by atoms with Crippen molar-refractivity contribution in [1.29, 1.82) is 5.41 Å². The predicted octanol–water partition coefficient (Wildman–Crippen LogP) is 2.50. The number of aromatic nitrogens is 1. The van der Waals surface area contributed by atoms with Crippen LogP contribution in [0.1, 0.15) is 26.3 Å². The second kappa shape index (κ2) is 5.36. The van der Waals surface area contributed by atoms with Gasteiger partial charge in [0.1, 0.15) is 11.7 Å². The van der Waals surface area contributed by atoms with Crippen molar-refractivity contribution in [3.63, 3.8) is 0 Å². The van der Waals surface area contributed by atoms with Crippen molar-refractivity contribution < 1.29 is 0 Å². The maximum Gasteiger partial charge on any atom is 0.148 e. The van der Waals surface area contributed by atoms with Gasteiger partial charge in [0.15, 0.2) is 0 Å². The van der Waals surface area contributed by atoms with E-state index in [4.69, 9.17) is 22.7 Å². The Morgan fingerprint density at radius 2 is 2.06 bits per heavy atom. The standard InChI is InChI=1S/C12H19ClN4/c1-7(2)8(3)17(4)12-10(13)9(11(14)15)5-6-16-12/h5-8H,1-4H3,(H3,14,15).